The Morgan fingerprint density at radius 2 is 1.78 bits per heavy atom. The van der Waals surface area contributed by atoms with Crippen LogP contribution in [0.3, 0.4) is 0 Å². The van der Waals surface area contributed by atoms with Gasteiger partial charge in [-0.3, -0.25) is 10.1 Å². The average Bonchev–Trinajstić information content (AvgIpc) is 2.62. The Labute approximate surface area is 164 Å². The van der Waals surface area contributed by atoms with Gasteiger partial charge in [0.25, 0.3) is 5.69 Å². The first-order valence-corrected chi connectivity index (χ1v) is 9.54. The number of aliphatic hydroxyl groups is 2. The highest BCUT2D eigenvalue weighted by atomic mass is 35.5. The fourth-order valence-electron chi connectivity index (χ4n) is 2.24. The molecule has 2 aromatic rings. The fourth-order valence-corrected chi connectivity index (χ4v) is 4.23. The minimum absolute atomic E-state index is 0.0466. The van der Waals surface area contributed by atoms with Crippen LogP contribution in [0.4, 0.5) is 5.69 Å². The van der Waals surface area contributed by atoms with Crippen molar-refractivity contribution in [1.29, 1.82) is 0 Å². The van der Waals surface area contributed by atoms with Gasteiger partial charge in [0.1, 0.15) is 4.90 Å². The lowest BCUT2D eigenvalue weighted by Crippen LogP contribution is -2.41. The number of hydrogen-bond acceptors (Lipinski definition) is 7. The smallest absolute Gasteiger partial charge is 0.269 e. The van der Waals surface area contributed by atoms with E-state index in [1.807, 2.05) is 0 Å². The van der Waals surface area contributed by atoms with E-state index in [0.717, 1.165) is 24.3 Å². The maximum atomic E-state index is 12.5. The second-order valence-corrected chi connectivity index (χ2v) is 7.96. The molecule has 2 aromatic carbocycles. The number of nitro groups is 1. The van der Waals surface area contributed by atoms with E-state index in [1.54, 1.807) is 0 Å². The maximum absolute atomic E-state index is 12.5. The van der Waals surface area contributed by atoms with E-state index in [4.69, 9.17) is 23.2 Å². The van der Waals surface area contributed by atoms with Crippen molar-refractivity contribution in [2.24, 2.45) is 0 Å². The fraction of sp³-hybridized carbons (Fsp3) is 0.200. The quantitative estimate of drug-likeness (QED) is 0.382. The third kappa shape index (κ3) is 4.86. The van der Waals surface area contributed by atoms with Crippen molar-refractivity contribution in [3.05, 3.63) is 62.1 Å². The monoisotopic (exact) mass is 436 g/mol. The molecule has 0 aliphatic heterocycles. The van der Waals surface area contributed by atoms with E-state index in [2.05, 4.69) is 4.72 Å². The number of sulfonamides is 1. The Bertz CT molecular complexity index is 951. The predicted molar refractivity (Wildman–Crippen MR) is 97.4 cm³/mol. The molecule has 146 valence electrons. The summed E-state index contributed by atoms with van der Waals surface area (Å²) in [6, 6.07) is 5.41. The first-order chi connectivity index (χ1) is 12.6. The minimum atomic E-state index is -4.42. The highest BCUT2D eigenvalue weighted by molar-refractivity contribution is 7.89. The zero-order valence-corrected chi connectivity index (χ0v) is 15.7. The van der Waals surface area contributed by atoms with Crippen LogP contribution in [0.25, 0.3) is 0 Å². The van der Waals surface area contributed by atoms with Crippen molar-refractivity contribution in [1.82, 2.24) is 4.72 Å². The largest absolute Gasteiger partial charge is 0.505 e. The summed E-state index contributed by atoms with van der Waals surface area (Å²) in [7, 11) is -4.42. The Hall–Kier alpha value is -1.95. The summed E-state index contributed by atoms with van der Waals surface area (Å²) in [4.78, 5) is 9.41. The molecule has 2 atom stereocenters. The van der Waals surface area contributed by atoms with E-state index in [-0.39, 0.29) is 21.3 Å². The molecule has 0 aliphatic carbocycles. The normalized spacial score (nSPS) is 13.9. The van der Waals surface area contributed by atoms with Crippen molar-refractivity contribution in [2.75, 3.05) is 6.61 Å². The third-order valence-electron chi connectivity index (χ3n) is 3.61. The number of benzene rings is 2. The van der Waals surface area contributed by atoms with Gasteiger partial charge in [0.2, 0.25) is 10.0 Å². The number of aromatic hydroxyl groups is 1. The number of rotatable bonds is 7. The molecule has 2 rings (SSSR count). The SMILES string of the molecule is O=[N+]([O-])c1ccc(C(O)C(CO)NS(=O)(=O)c2cc(Cl)cc(Cl)c2O)cc1. The number of nitrogens with one attached hydrogen (secondary N) is 1. The van der Waals surface area contributed by atoms with Gasteiger partial charge in [-0.1, -0.05) is 23.2 Å². The Morgan fingerprint density at radius 3 is 2.30 bits per heavy atom. The number of halogens is 2. The van der Waals surface area contributed by atoms with Crippen LogP contribution in [-0.4, -0.2) is 41.3 Å². The van der Waals surface area contributed by atoms with Gasteiger partial charge in [-0.05, 0) is 29.8 Å². The van der Waals surface area contributed by atoms with E-state index in [0.29, 0.717) is 0 Å². The predicted octanol–water partition coefficient (Wildman–Crippen LogP) is 1.98. The Balaban J connectivity index is 2.31. The standard InChI is InChI=1S/C15H14Cl2N2O7S/c16-9-5-11(17)15(22)13(6-9)27(25,26)18-12(7-20)14(21)8-1-3-10(4-2-8)19(23)24/h1-6,12,14,18,20-22H,7H2. The first-order valence-electron chi connectivity index (χ1n) is 7.30. The van der Waals surface area contributed by atoms with Crippen LogP contribution in [0.5, 0.6) is 5.75 Å². The van der Waals surface area contributed by atoms with Gasteiger partial charge in [-0.2, -0.15) is 0 Å². The summed E-state index contributed by atoms with van der Waals surface area (Å²) in [5.74, 6) is -0.741. The van der Waals surface area contributed by atoms with E-state index in [9.17, 15) is 33.9 Å². The van der Waals surface area contributed by atoms with Crippen LogP contribution in [0.15, 0.2) is 41.3 Å². The third-order valence-corrected chi connectivity index (χ3v) is 5.62. The zero-order chi connectivity index (χ0) is 20.4. The Kier molecular flexibility index (Phi) is 6.63. The molecule has 0 aliphatic rings. The lowest BCUT2D eigenvalue weighted by molar-refractivity contribution is -0.384. The molecule has 27 heavy (non-hydrogen) atoms. The molecule has 0 saturated heterocycles. The molecule has 9 nitrogen and oxygen atoms in total. The highest BCUT2D eigenvalue weighted by Gasteiger charge is 2.29. The average molecular weight is 437 g/mol. The summed E-state index contributed by atoms with van der Waals surface area (Å²) in [6.07, 6.45) is -1.53. The number of phenolic OH excluding ortho intramolecular Hbond substituents is 1. The molecule has 0 bridgehead atoms. The van der Waals surface area contributed by atoms with Gasteiger partial charge in [0, 0.05) is 17.2 Å². The number of hydrogen-bond donors (Lipinski definition) is 4. The summed E-state index contributed by atoms with van der Waals surface area (Å²) in [6.45, 7) is -0.799. The van der Waals surface area contributed by atoms with Crippen molar-refractivity contribution in [2.45, 2.75) is 17.0 Å². The van der Waals surface area contributed by atoms with E-state index in [1.165, 1.54) is 12.1 Å². The molecule has 4 N–H and O–H groups in total. The topological polar surface area (TPSA) is 150 Å². The van der Waals surface area contributed by atoms with Gasteiger partial charge >= 0.3 is 0 Å². The molecule has 0 heterocycles. The van der Waals surface area contributed by atoms with Gasteiger partial charge < -0.3 is 15.3 Å². The summed E-state index contributed by atoms with van der Waals surface area (Å²) < 4.78 is 27.1. The molecule has 12 heteroatoms. The highest BCUT2D eigenvalue weighted by Crippen LogP contribution is 2.34. The van der Waals surface area contributed by atoms with E-state index < -0.39 is 44.3 Å². The van der Waals surface area contributed by atoms with Crippen LogP contribution < -0.4 is 4.72 Å². The van der Waals surface area contributed by atoms with Crippen molar-refractivity contribution < 1.29 is 28.7 Å². The van der Waals surface area contributed by atoms with Gasteiger partial charge in [-0.15, -0.1) is 0 Å². The Morgan fingerprint density at radius 1 is 1.19 bits per heavy atom. The van der Waals surface area contributed by atoms with Crippen molar-refractivity contribution >= 4 is 38.9 Å². The number of phenols is 1. The van der Waals surface area contributed by atoms with Crippen LogP contribution in [0.2, 0.25) is 10.0 Å². The number of non-ortho nitro benzene ring substituents is 1. The van der Waals surface area contributed by atoms with Crippen LogP contribution in [0.1, 0.15) is 11.7 Å². The van der Waals surface area contributed by atoms with Crippen molar-refractivity contribution in [3.8, 4) is 5.75 Å². The van der Waals surface area contributed by atoms with Crippen LogP contribution in [0, 0.1) is 10.1 Å². The minimum Gasteiger partial charge on any atom is -0.505 e. The molecule has 0 radical (unpaired) electrons. The van der Waals surface area contributed by atoms with Crippen LogP contribution in [-0.2, 0) is 10.0 Å². The molecular weight excluding hydrogens is 423 g/mol. The summed E-state index contributed by atoms with van der Waals surface area (Å²) in [5.41, 5.74) is -0.0822. The molecular formula is C15H14Cl2N2O7S. The number of nitrogens with zero attached hydrogens (tertiary/aromatic N) is 1. The zero-order valence-electron chi connectivity index (χ0n) is 13.4. The summed E-state index contributed by atoms with van der Waals surface area (Å²) in [5, 5.41) is 40.0. The second kappa shape index (κ2) is 8.38. The lowest BCUT2D eigenvalue weighted by Gasteiger charge is -2.23. The molecule has 0 amide bonds. The summed E-state index contributed by atoms with van der Waals surface area (Å²) >= 11 is 11.5. The van der Waals surface area contributed by atoms with Gasteiger partial charge in [0.15, 0.2) is 5.75 Å². The molecule has 0 aromatic heterocycles. The molecule has 0 fully saturated rings. The number of aliphatic hydroxyl groups excluding tert-OH is 2. The van der Waals surface area contributed by atoms with Gasteiger partial charge in [0.05, 0.1) is 28.7 Å². The van der Waals surface area contributed by atoms with E-state index >= 15 is 0 Å². The molecule has 0 spiro atoms. The maximum Gasteiger partial charge on any atom is 0.269 e. The van der Waals surface area contributed by atoms with Crippen LogP contribution >= 0.6 is 23.2 Å². The second-order valence-electron chi connectivity index (χ2n) is 5.44. The van der Waals surface area contributed by atoms with Crippen molar-refractivity contribution in [3.63, 3.8) is 0 Å². The van der Waals surface area contributed by atoms with Gasteiger partial charge in [-0.25, -0.2) is 13.1 Å². The lowest BCUT2D eigenvalue weighted by atomic mass is 10.0. The number of nitro benzene ring substituents is 1. The molecule has 2 unspecified atom stereocenters. The first kappa shape index (κ1) is 21.4. The molecule has 0 saturated carbocycles.